The van der Waals surface area contributed by atoms with Crippen molar-refractivity contribution in [1.29, 1.82) is 0 Å². The summed E-state index contributed by atoms with van der Waals surface area (Å²) in [6.45, 7) is 6.97. The SMILES string of the molecule is CCC1c2ccc(C)cc2CCN1C(=O)CCc1nn2c(C)nnc2s1. The minimum absolute atomic E-state index is 0.187. The summed E-state index contributed by atoms with van der Waals surface area (Å²) in [5, 5.41) is 13.5. The van der Waals surface area contributed by atoms with Gasteiger partial charge in [-0.3, -0.25) is 4.79 Å². The van der Waals surface area contributed by atoms with Crippen LogP contribution in [0.4, 0.5) is 0 Å². The number of fused-ring (bicyclic) bond motifs is 2. The van der Waals surface area contributed by atoms with Crippen LogP contribution in [0.1, 0.15) is 53.3 Å². The zero-order valence-corrected chi connectivity index (χ0v) is 16.2. The van der Waals surface area contributed by atoms with Gasteiger partial charge < -0.3 is 4.90 Å². The molecule has 0 radical (unpaired) electrons. The Morgan fingerprint density at radius 3 is 2.92 bits per heavy atom. The normalized spacial score (nSPS) is 16.9. The molecular formula is C19H23N5OS. The summed E-state index contributed by atoms with van der Waals surface area (Å²) in [6, 6.07) is 6.80. The lowest BCUT2D eigenvalue weighted by atomic mass is 9.89. The average molecular weight is 369 g/mol. The number of carbonyl (C=O) groups excluding carboxylic acids is 1. The molecule has 7 heteroatoms. The smallest absolute Gasteiger partial charge is 0.234 e. The van der Waals surface area contributed by atoms with Crippen LogP contribution in [-0.2, 0) is 17.6 Å². The Balaban J connectivity index is 1.47. The van der Waals surface area contributed by atoms with Crippen molar-refractivity contribution >= 4 is 22.2 Å². The molecule has 1 amide bonds. The number of aromatic nitrogens is 4. The Morgan fingerprint density at radius 2 is 2.15 bits per heavy atom. The van der Waals surface area contributed by atoms with Crippen molar-refractivity contribution in [3.63, 3.8) is 0 Å². The standard InChI is InChI=1S/C19H23N5OS/c1-4-16-15-6-5-12(2)11-14(15)9-10-23(16)18(25)8-7-17-22-24-13(3)20-21-19(24)26-17/h5-6,11,16H,4,7-10H2,1-3H3. The highest BCUT2D eigenvalue weighted by atomic mass is 32.1. The van der Waals surface area contributed by atoms with Crippen molar-refractivity contribution in [3.8, 4) is 0 Å². The molecule has 136 valence electrons. The van der Waals surface area contributed by atoms with Crippen molar-refractivity contribution in [2.45, 2.75) is 52.5 Å². The van der Waals surface area contributed by atoms with Gasteiger partial charge in [0.25, 0.3) is 0 Å². The fraction of sp³-hybridized carbons (Fsp3) is 0.474. The van der Waals surface area contributed by atoms with E-state index in [4.69, 9.17) is 0 Å². The molecule has 1 aromatic carbocycles. The topological polar surface area (TPSA) is 63.4 Å². The van der Waals surface area contributed by atoms with E-state index < -0.39 is 0 Å². The van der Waals surface area contributed by atoms with E-state index in [0.29, 0.717) is 12.8 Å². The molecule has 1 atom stereocenters. The van der Waals surface area contributed by atoms with Crippen LogP contribution in [0.2, 0.25) is 0 Å². The number of rotatable bonds is 4. The van der Waals surface area contributed by atoms with E-state index in [9.17, 15) is 4.79 Å². The van der Waals surface area contributed by atoms with Gasteiger partial charge in [-0.1, -0.05) is 42.0 Å². The van der Waals surface area contributed by atoms with Gasteiger partial charge in [-0.2, -0.15) is 9.61 Å². The Kier molecular flexibility index (Phi) is 4.48. The average Bonchev–Trinajstić information content (AvgIpc) is 3.20. The van der Waals surface area contributed by atoms with E-state index in [1.54, 1.807) is 4.52 Å². The van der Waals surface area contributed by atoms with Gasteiger partial charge >= 0.3 is 0 Å². The van der Waals surface area contributed by atoms with E-state index >= 15 is 0 Å². The first-order valence-corrected chi connectivity index (χ1v) is 9.95. The first-order valence-electron chi connectivity index (χ1n) is 9.13. The maximum atomic E-state index is 12.9. The molecule has 4 rings (SSSR count). The third kappa shape index (κ3) is 3.00. The maximum absolute atomic E-state index is 12.9. The van der Waals surface area contributed by atoms with Crippen LogP contribution in [0.25, 0.3) is 4.96 Å². The molecule has 26 heavy (non-hydrogen) atoms. The molecule has 1 unspecified atom stereocenters. The number of hydrogen-bond donors (Lipinski definition) is 0. The Hall–Kier alpha value is -2.28. The highest BCUT2D eigenvalue weighted by molar-refractivity contribution is 7.16. The van der Waals surface area contributed by atoms with Gasteiger partial charge in [-0.15, -0.1) is 10.2 Å². The molecule has 0 saturated carbocycles. The van der Waals surface area contributed by atoms with Crippen LogP contribution < -0.4 is 0 Å². The first kappa shape index (κ1) is 17.1. The second-order valence-corrected chi connectivity index (χ2v) is 7.94. The van der Waals surface area contributed by atoms with Gasteiger partial charge in [-0.05, 0) is 37.8 Å². The lowest BCUT2D eigenvalue weighted by molar-refractivity contribution is -0.134. The third-order valence-corrected chi connectivity index (χ3v) is 6.06. The molecule has 0 bridgehead atoms. The van der Waals surface area contributed by atoms with Crippen LogP contribution in [0.5, 0.6) is 0 Å². The number of benzene rings is 1. The van der Waals surface area contributed by atoms with E-state index in [0.717, 1.165) is 35.2 Å². The van der Waals surface area contributed by atoms with E-state index in [1.165, 1.54) is 28.0 Å². The molecular weight excluding hydrogens is 346 g/mol. The molecule has 0 spiro atoms. The number of aryl methyl sites for hydroxylation is 3. The molecule has 6 nitrogen and oxygen atoms in total. The Morgan fingerprint density at radius 1 is 1.31 bits per heavy atom. The summed E-state index contributed by atoms with van der Waals surface area (Å²) in [5.41, 5.74) is 3.99. The molecule has 1 aliphatic rings. The zero-order chi connectivity index (χ0) is 18.3. The van der Waals surface area contributed by atoms with Gasteiger partial charge in [0.15, 0.2) is 5.82 Å². The van der Waals surface area contributed by atoms with Crippen molar-refractivity contribution in [3.05, 3.63) is 45.7 Å². The summed E-state index contributed by atoms with van der Waals surface area (Å²) < 4.78 is 1.75. The largest absolute Gasteiger partial charge is 0.335 e. The molecule has 3 aromatic rings. The van der Waals surface area contributed by atoms with Crippen molar-refractivity contribution < 1.29 is 4.79 Å². The van der Waals surface area contributed by atoms with Crippen LogP contribution in [0.3, 0.4) is 0 Å². The van der Waals surface area contributed by atoms with Gasteiger partial charge in [0, 0.05) is 19.4 Å². The number of carbonyl (C=O) groups is 1. The first-order chi connectivity index (χ1) is 12.6. The van der Waals surface area contributed by atoms with Crippen molar-refractivity contribution in [2.75, 3.05) is 6.54 Å². The second-order valence-electron chi connectivity index (χ2n) is 6.90. The summed E-state index contributed by atoms with van der Waals surface area (Å²) in [4.78, 5) is 15.8. The fourth-order valence-electron chi connectivity index (χ4n) is 3.79. The summed E-state index contributed by atoms with van der Waals surface area (Å²) in [6.07, 6.45) is 3.02. The van der Waals surface area contributed by atoms with Crippen LogP contribution in [-0.4, -0.2) is 37.2 Å². The lowest BCUT2D eigenvalue weighted by Gasteiger charge is -2.37. The Labute approximate surface area is 156 Å². The highest BCUT2D eigenvalue weighted by Crippen LogP contribution is 2.33. The number of amides is 1. The zero-order valence-electron chi connectivity index (χ0n) is 15.4. The van der Waals surface area contributed by atoms with Crippen molar-refractivity contribution in [1.82, 2.24) is 24.7 Å². The second kappa shape index (κ2) is 6.79. The summed E-state index contributed by atoms with van der Waals surface area (Å²) in [7, 11) is 0. The van der Waals surface area contributed by atoms with Gasteiger partial charge in [-0.25, -0.2) is 0 Å². The van der Waals surface area contributed by atoms with E-state index in [2.05, 4.69) is 52.2 Å². The van der Waals surface area contributed by atoms with E-state index in [-0.39, 0.29) is 11.9 Å². The molecule has 2 aromatic heterocycles. The quantitative estimate of drug-likeness (QED) is 0.708. The fourth-order valence-corrected chi connectivity index (χ4v) is 4.67. The van der Waals surface area contributed by atoms with Gasteiger partial charge in [0.05, 0.1) is 6.04 Å². The van der Waals surface area contributed by atoms with E-state index in [1.807, 2.05) is 6.92 Å². The minimum Gasteiger partial charge on any atom is -0.335 e. The summed E-state index contributed by atoms with van der Waals surface area (Å²) in [5.74, 6) is 0.994. The predicted octanol–water partition coefficient (Wildman–Crippen LogP) is 3.27. The maximum Gasteiger partial charge on any atom is 0.234 e. The molecule has 0 aliphatic carbocycles. The minimum atomic E-state index is 0.187. The van der Waals surface area contributed by atoms with Crippen LogP contribution in [0, 0.1) is 13.8 Å². The van der Waals surface area contributed by atoms with Crippen LogP contribution in [0.15, 0.2) is 18.2 Å². The lowest BCUT2D eigenvalue weighted by Crippen LogP contribution is -2.40. The van der Waals surface area contributed by atoms with Crippen molar-refractivity contribution in [2.24, 2.45) is 0 Å². The summed E-state index contributed by atoms with van der Waals surface area (Å²) >= 11 is 1.51. The molecule has 0 N–H and O–H groups in total. The van der Waals surface area contributed by atoms with Gasteiger partial charge in [0.1, 0.15) is 5.01 Å². The Bertz CT molecular complexity index is 960. The van der Waals surface area contributed by atoms with Crippen LogP contribution >= 0.6 is 11.3 Å². The molecule has 0 saturated heterocycles. The number of hydrogen-bond acceptors (Lipinski definition) is 5. The highest BCUT2D eigenvalue weighted by Gasteiger charge is 2.29. The monoisotopic (exact) mass is 369 g/mol. The van der Waals surface area contributed by atoms with Gasteiger partial charge in [0.2, 0.25) is 10.9 Å². The molecule has 1 aliphatic heterocycles. The molecule has 0 fully saturated rings. The third-order valence-electron chi connectivity index (χ3n) is 5.10. The number of nitrogens with zero attached hydrogens (tertiary/aromatic N) is 5. The predicted molar refractivity (Wildman–Crippen MR) is 101 cm³/mol. The molecule has 3 heterocycles.